The van der Waals surface area contributed by atoms with Crippen LogP contribution >= 0.6 is 0 Å². The maximum absolute atomic E-state index is 12.0. The zero-order valence-electron chi connectivity index (χ0n) is 9.18. The maximum atomic E-state index is 12.0. The third kappa shape index (κ3) is 36.0. The predicted octanol–water partition coefficient (Wildman–Crippen LogP) is 4.82. The van der Waals surface area contributed by atoms with E-state index in [4.69, 9.17) is 0 Å². The standard InChI is InChI=1S/C7H9F.C3H6.C2H6/c1-3-5-6-7(8)4-2;1-3-2;1-2/h3-6H,1H2,2H3;3H,1H2,2H3;1-2H3/b6-5+,7-4+;;. The first-order valence-corrected chi connectivity index (χ1v) is 4.40. The zero-order valence-corrected chi connectivity index (χ0v) is 9.18. The molecule has 0 saturated carbocycles. The third-order valence-corrected chi connectivity index (χ3v) is 0.667. The Kier molecular flexibility index (Phi) is 30.8. The van der Waals surface area contributed by atoms with Gasteiger partial charge in [0.25, 0.3) is 0 Å². The van der Waals surface area contributed by atoms with Gasteiger partial charge in [-0.3, -0.25) is 0 Å². The molecule has 0 fully saturated rings. The van der Waals surface area contributed by atoms with Gasteiger partial charge in [0.2, 0.25) is 0 Å². The van der Waals surface area contributed by atoms with E-state index < -0.39 is 0 Å². The van der Waals surface area contributed by atoms with E-state index in [1.165, 1.54) is 18.2 Å². The third-order valence-electron chi connectivity index (χ3n) is 0.667. The van der Waals surface area contributed by atoms with Gasteiger partial charge in [-0.25, -0.2) is 4.39 Å². The molecule has 76 valence electrons. The molecule has 0 rings (SSSR count). The van der Waals surface area contributed by atoms with Gasteiger partial charge in [0.1, 0.15) is 5.83 Å². The van der Waals surface area contributed by atoms with E-state index in [1.54, 1.807) is 19.1 Å². The van der Waals surface area contributed by atoms with Gasteiger partial charge in [-0.2, -0.15) is 0 Å². The van der Waals surface area contributed by atoms with Gasteiger partial charge in [0.05, 0.1) is 0 Å². The van der Waals surface area contributed by atoms with Gasteiger partial charge >= 0.3 is 0 Å². The van der Waals surface area contributed by atoms with Crippen molar-refractivity contribution in [2.24, 2.45) is 0 Å². The van der Waals surface area contributed by atoms with Crippen LogP contribution in [-0.4, -0.2) is 0 Å². The largest absolute Gasteiger partial charge is 0.207 e. The fourth-order valence-corrected chi connectivity index (χ4v) is 0.256. The summed E-state index contributed by atoms with van der Waals surface area (Å²) in [6.07, 6.45) is 7.57. The Bertz CT molecular complexity index is 153. The van der Waals surface area contributed by atoms with Crippen molar-refractivity contribution < 1.29 is 4.39 Å². The molecule has 0 atom stereocenters. The molecule has 0 radical (unpaired) electrons. The Morgan fingerprint density at radius 2 is 1.54 bits per heavy atom. The maximum Gasteiger partial charge on any atom is 0.118 e. The Labute approximate surface area is 82.2 Å². The minimum atomic E-state index is -0.232. The quantitative estimate of drug-likeness (QED) is 0.426. The van der Waals surface area contributed by atoms with Crippen LogP contribution < -0.4 is 0 Å². The molecule has 0 aromatic heterocycles. The molecule has 0 spiro atoms. The van der Waals surface area contributed by atoms with Crippen LogP contribution in [-0.2, 0) is 0 Å². The highest BCUT2D eigenvalue weighted by atomic mass is 19.1. The van der Waals surface area contributed by atoms with Gasteiger partial charge < -0.3 is 0 Å². The minimum Gasteiger partial charge on any atom is -0.207 e. The fourth-order valence-electron chi connectivity index (χ4n) is 0.256. The molecule has 0 aromatic carbocycles. The topological polar surface area (TPSA) is 0 Å². The average molecular weight is 184 g/mol. The summed E-state index contributed by atoms with van der Waals surface area (Å²) in [6, 6.07) is 0. The highest BCUT2D eigenvalue weighted by Gasteiger charge is 1.76. The highest BCUT2D eigenvalue weighted by molar-refractivity contribution is 5.14. The van der Waals surface area contributed by atoms with Crippen LogP contribution in [0.5, 0.6) is 0 Å². The van der Waals surface area contributed by atoms with E-state index in [0.717, 1.165) is 0 Å². The highest BCUT2D eigenvalue weighted by Crippen LogP contribution is 1.95. The molecule has 0 aromatic rings. The molecule has 0 nitrogen and oxygen atoms in total. The van der Waals surface area contributed by atoms with Gasteiger partial charge in [-0.1, -0.05) is 44.7 Å². The van der Waals surface area contributed by atoms with E-state index in [0.29, 0.717) is 0 Å². The first kappa shape index (κ1) is 17.8. The fraction of sp³-hybridized carbons (Fsp3) is 0.333. The Morgan fingerprint density at radius 3 is 1.77 bits per heavy atom. The van der Waals surface area contributed by atoms with Crippen LogP contribution in [0.1, 0.15) is 27.7 Å². The lowest BCUT2D eigenvalue weighted by atomic mass is 10.4. The summed E-state index contributed by atoms with van der Waals surface area (Å²) in [5, 5.41) is 0. The molecule has 1 heteroatoms. The van der Waals surface area contributed by atoms with Crippen LogP contribution in [0.25, 0.3) is 0 Å². The van der Waals surface area contributed by atoms with Crippen LogP contribution in [0.2, 0.25) is 0 Å². The van der Waals surface area contributed by atoms with Crippen molar-refractivity contribution in [1.82, 2.24) is 0 Å². The van der Waals surface area contributed by atoms with Crippen LogP contribution in [0.3, 0.4) is 0 Å². The van der Waals surface area contributed by atoms with Crippen LogP contribution in [0.15, 0.2) is 49.4 Å². The molecule has 0 saturated heterocycles. The van der Waals surface area contributed by atoms with Gasteiger partial charge in [0, 0.05) is 0 Å². The van der Waals surface area contributed by atoms with Gasteiger partial charge in [-0.15, -0.1) is 6.58 Å². The van der Waals surface area contributed by atoms with Crippen molar-refractivity contribution in [1.29, 1.82) is 0 Å². The average Bonchev–Trinajstić information content (AvgIpc) is 2.18. The van der Waals surface area contributed by atoms with Crippen molar-refractivity contribution in [2.75, 3.05) is 0 Å². The van der Waals surface area contributed by atoms with Gasteiger partial charge in [0.15, 0.2) is 0 Å². The molecular weight excluding hydrogens is 163 g/mol. The van der Waals surface area contributed by atoms with Gasteiger partial charge in [-0.05, 0) is 19.9 Å². The van der Waals surface area contributed by atoms with E-state index in [1.807, 2.05) is 20.8 Å². The molecule has 0 aliphatic rings. The molecule has 0 amide bonds. The van der Waals surface area contributed by atoms with Crippen molar-refractivity contribution in [2.45, 2.75) is 27.7 Å². The molecule has 0 N–H and O–H groups in total. The smallest absolute Gasteiger partial charge is 0.118 e. The first-order valence-electron chi connectivity index (χ1n) is 4.40. The van der Waals surface area contributed by atoms with Crippen molar-refractivity contribution >= 4 is 0 Å². The summed E-state index contributed by atoms with van der Waals surface area (Å²) < 4.78 is 12.0. The summed E-state index contributed by atoms with van der Waals surface area (Å²) in [4.78, 5) is 0. The summed E-state index contributed by atoms with van der Waals surface area (Å²) in [7, 11) is 0. The first-order chi connectivity index (χ1) is 6.22. The van der Waals surface area contributed by atoms with E-state index >= 15 is 0 Å². The Balaban J connectivity index is -0.000000169. The lowest BCUT2D eigenvalue weighted by Crippen LogP contribution is -1.58. The van der Waals surface area contributed by atoms with Crippen LogP contribution in [0.4, 0.5) is 4.39 Å². The SMILES string of the molecule is C=C/C=C/C(F)=C\C.C=CC.CC. The zero-order chi connectivity index (χ0) is 11.1. The predicted molar refractivity (Wildman–Crippen MR) is 61.4 cm³/mol. The Morgan fingerprint density at radius 1 is 1.15 bits per heavy atom. The number of allylic oxidation sites excluding steroid dienone is 6. The van der Waals surface area contributed by atoms with Crippen molar-refractivity contribution in [3.8, 4) is 0 Å². The van der Waals surface area contributed by atoms with Crippen molar-refractivity contribution in [3.05, 3.63) is 49.4 Å². The summed E-state index contributed by atoms with van der Waals surface area (Å²) in [6.45, 7) is 14.3. The summed E-state index contributed by atoms with van der Waals surface area (Å²) >= 11 is 0. The lowest BCUT2D eigenvalue weighted by molar-refractivity contribution is 0.665. The number of halogens is 1. The number of hydrogen-bond acceptors (Lipinski definition) is 0. The molecular formula is C12H21F. The molecule has 0 aliphatic carbocycles. The second-order valence-corrected chi connectivity index (χ2v) is 1.68. The second kappa shape index (κ2) is 22.4. The van der Waals surface area contributed by atoms with Crippen molar-refractivity contribution in [3.63, 3.8) is 0 Å². The molecule has 0 aliphatic heterocycles. The molecule has 13 heavy (non-hydrogen) atoms. The molecule has 0 heterocycles. The lowest BCUT2D eigenvalue weighted by Gasteiger charge is -1.77. The monoisotopic (exact) mass is 184 g/mol. The van der Waals surface area contributed by atoms with E-state index in [-0.39, 0.29) is 5.83 Å². The normalized spacial score (nSPS) is 9.15. The molecule has 0 unspecified atom stereocenters. The van der Waals surface area contributed by atoms with Crippen LogP contribution in [0, 0.1) is 0 Å². The number of rotatable bonds is 2. The molecule has 0 bridgehead atoms. The second-order valence-electron chi connectivity index (χ2n) is 1.68. The minimum absolute atomic E-state index is 0.232. The number of hydrogen-bond donors (Lipinski definition) is 0. The summed E-state index contributed by atoms with van der Waals surface area (Å²) in [5.41, 5.74) is 0. The summed E-state index contributed by atoms with van der Waals surface area (Å²) in [5.74, 6) is -0.232. The van der Waals surface area contributed by atoms with E-state index in [9.17, 15) is 4.39 Å². The Hall–Kier alpha value is -1.11. The van der Waals surface area contributed by atoms with E-state index in [2.05, 4.69) is 13.2 Å².